The molecule has 0 spiro atoms. The first-order chi connectivity index (χ1) is 18.3. The Morgan fingerprint density at radius 3 is 2.18 bits per heavy atom. The number of nitrogens with zero attached hydrogens (tertiary/aromatic N) is 3. The van der Waals surface area contributed by atoms with Gasteiger partial charge in [-0.2, -0.15) is 4.99 Å². The lowest BCUT2D eigenvalue weighted by Gasteiger charge is -2.32. The number of thiazole rings is 1. The van der Waals surface area contributed by atoms with Crippen LogP contribution in [0, 0.1) is 41.5 Å². The van der Waals surface area contributed by atoms with Gasteiger partial charge in [-0.1, -0.05) is 12.1 Å². The number of amidine groups is 1. The Labute approximate surface area is 230 Å². The Kier molecular flexibility index (Phi) is 7.89. The predicted octanol–water partition coefficient (Wildman–Crippen LogP) is 7.25. The summed E-state index contributed by atoms with van der Waals surface area (Å²) in [6.07, 6.45) is 1.59. The molecule has 202 valence electrons. The van der Waals surface area contributed by atoms with Gasteiger partial charge in [0.25, 0.3) is 6.02 Å². The van der Waals surface area contributed by atoms with E-state index < -0.39 is 6.29 Å². The maximum absolute atomic E-state index is 6.27. The van der Waals surface area contributed by atoms with Crippen LogP contribution in [0.5, 0.6) is 0 Å². The van der Waals surface area contributed by atoms with Crippen LogP contribution in [0.15, 0.2) is 28.6 Å². The molecule has 0 saturated carbocycles. The molecule has 6 nitrogen and oxygen atoms in total. The standard InChI is InChI=1S/C31H39N3O3S/c1-18-8-9-19(2)27(14-18)33-31(35-7)34-12-10-24(11-13-34)29-32-28(17-38-29)30-36-15-25-22(5)20(3)21(4)23(6)26(25)16-37-30/h8-9,14,17,24,30H,10-13,15-16H2,1-7H3. The van der Waals surface area contributed by atoms with Crippen LogP contribution < -0.4 is 0 Å². The van der Waals surface area contributed by atoms with E-state index in [-0.39, 0.29) is 0 Å². The summed E-state index contributed by atoms with van der Waals surface area (Å²) in [5.74, 6) is 0.418. The molecule has 2 aliphatic rings. The van der Waals surface area contributed by atoms with E-state index in [0.717, 1.165) is 47.9 Å². The summed E-state index contributed by atoms with van der Waals surface area (Å²) < 4.78 is 18.2. The van der Waals surface area contributed by atoms with Crippen LogP contribution in [0.4, 0.5) is 5.69 Å². The number of benzene rings is 2. The quantitative estimate of drug-likeness (QED) is 0.262. The molecule has 1 aromatic heterocycles. The maximum Gasteiger partial charge on any atom is 0.292 e. The van der Waals surface area contributed by atoms with Crippen LogP contribution in [0.3, 0.4) is 0 Å². The molecule has 5 rings (SSSR count). The normalized spacial score (nSPS) is 17.4. The second-order valence-electron chi connectivity index (χ2n) is 10.7. The number of aromatic nitrogens is 1. The van der Waals surface area contributed by atoms with Crippen LogP contribution in [0.1, 0.15) is 80.3 Å². The second kappa shape index (κ2) is 11.2. The number of aryl methyl sites for hydroxylation is 2. The fourth-order valence-corrected chi connectivity index (χ4v) is 6.49. The molecule has 0 N–H and O–H groups in total. The van der Waals surface area contributed by atoms with Gasteiger partial charge in [-0.3, -0.25) is 0 Å². The third kappa shape index (κ3) is 5.24. The minimum Gasteiger partial charge on any atom is -0.468 e. The summed E-state index contributed by atoms with van der Waals surface area (Å²) in [6, 6.07) is 7.02. The number of hydrogen-bond acceptors (Lipinski definition) is 6. The molecule has 1 fully saturated rings. The number of aliphatic imine (C=N–C) groups is 1. The van der Waals surface area contributed by atoms with Crippen LogP contribution in [-0.4, -0.2) is 36.1 Å². The van der Waals surface area contributed by atoms with E-state index in [2.05, 4.69) is 70.0 Å². The highest BCUT2D eigenvalue weighted by atomic mass is 32.1. The summed E-state index contributed by atoms with van der Waals surface area (Å²) in [6.45, 7) is 15.8. The summed E-state index contributed by atoms with van der Waals surface area (Å²) in [5.41, 5.74) is 12.1. The minimum atomic E-state index is -0.434. The number of ether oxygens (including phenoxy) is 3. The van der Waals surface area contributed by atoms with Gasteiger partial charge >= 0.3 is 0 Å². The smallest absolute Gasteiger partial charge is 0.292 e. The number of piperidine rings is 1. The average Bonchev–Trinajstić information content (AvgIpc) is 3.31. The van der Waals surface area contributed by atoms with Gasteiger partial charge in [-0.15, -0.1) is 11.3 Å². The van der Waals surface area contributed by atoms with Gasteiger partial charge in [0.2, 0.25) is 6.29 Å². The summed E-state index contributed by atoms with van der Waals surface area (Å²) in [4.78, 5) is 12.1. The molecular formula is C31H39N3O3S. The fraction of sp³-hybridized carbons (Fsp3) is 0.484. The van der Waals surface area contributed by atoms with Crippen LogP contribution in [0.2, 0.25) is 0 Å². The molecule has 0 bridgehead atoms. The summed E-state index contributed by atoms with van der Waals surface area (Å²) in [7, 11) is 1.71. The van der Waals surface area contributed by atoms with Gasteiger partial charge in [0.15, 0.2) is 0 Å². The molecule has 0 unspecified atom stereocenters. The van der Waals surface area contributed by atoms with Crippen molar-refractivity contribution in [2.45, 2.75) is 79.8 Å². The number of fused-ring (bicyclic) bond motifs is 1. The molecule has 1 saturated heterocycles. The molecule has 0 aliphatic carbocycles. The lowest BCUT2D eigenvalue weighted by molar-refractivity contribution is -0.155. The Hall–Kier alpha value is -2.74. The molecule has 2 aromatic carbocycles. The van der Waals surface area contributed by atoms with E-state index in [1.807, 2.05) is 0 Å². The molecule has 0 amide bonds. The Bertz CT molecular complexity index is 1320. The topological polar surface area (TPSA) is 56.2 Å². The van der Waals surface area contributed by atoms with Gasteiger partial charge < -0.3 is 19.1 Å². The van der Waals surface area contributed by atoms with Crippen molar-refractivity contribution in [3.05, 3.63) is 78.8 Å². The summed E-state index contributed by atoms with van der Waals surface area (Å²) >= 11 is 1.72. The van der Waals surface area contributed by atoms with Crippen LogP contribution in [-0.2, 0) is 27.4 Å². The van der Waals surface area contributed by atoms with E-state index in [1.165, 1.54) is 38.9 Å². The number of methoxy groups -OCH3 is 1. The zero-order chi connectivity index (χ0) is 27.0. The van der Waals surface area contributed by atoms with Crippen molar-refractivity contribution in [2.24, 2.45) is 4.99 Å². The van der Waals surface area contributed by atoms with Gasteiger partial charge in [-0.05, 0) is 105 Å². The highest BCUT2D eigenvalue weighted by molar-refractivity contribution is 7.09. The molecule has 2 aliphatic heterocycles. The first-order valence-electron chi connectivity index (χ1n) is 13.5. The van der Waals surface area contributed by atoms with Gasteiger partial charge in [-0.25, -0.2) is 4.98 Å². The van der Waals surface area contributed by atoms with Crippen molar-refractivity contribution in [1.29, 1.82) is 0 Å². The van der Waals surface area contributed by atoms with Crippen molar-refractivity contribution in [3.8, 4) is 0 Å². The molecule has 3 aromatic rings. The van der Waals surface area contributed by atoms with Gasteiger partial charge in [0.05, 0.1) is 31.0 Å². The number of rotatable bonds is 3. The minimum absolute atomic E-state index is 0.418. The number of hydrogen-bond donors (Lipinski definition) is 0. The third-order valence-corrected chi connectivity index (χ3v) is 9.40. The SMILES string of the molecule is COC(=Nc1cc(C)ccc1C)N1CCC(c2nc(C3OCc4c(C)c(C)c(C)c(C)c4CO3)cs2)CC1. The van der Waals surface area contributed by atoms with Crippen LogP contribution in [0.25, 0.3) is 0 Å². The van der Waals surface area contributed by atoms with E-state index in [4.69, 9.17) is 24.2 Å². The molecule has 0 radical (unpaired) electrons. The lowest BCUT2D eigenvalue weighted by atomic mass is 9.89. The van der Waals surface area contributed by atoms with Crippen molar-refractivity contribution in [1.82, 2.24) is 9.88 Å². The molecule has 3 heterocycles. The Morgan fingerprint density at radius 2 is 1.58 bits per heavy atom. The predicted molar refractivity (Wildman–Crippen MR) is 153 cm³/mol. The highest BCUT2D eigenvalue weighted by Crippen LogP contribution is 2.36. The molecule has 7 heteroatoms. The first kappa shape index (κ1) is 26.9. The van der Waals surface area contributed by atoms with Crippen molar-refractivity contribution < 1.29 is 14.2 Å². The van der Waals surface area contributed by atoms with E-state index in [0.29, 0.717) is 25.2 Å². The van der Waals surface area contributed by atoms with E-state index >= 15 is 0 Å². The first-order valence-corrected chi connectivity index (χ1v) is 14.4. The maximum atomic E-state index is 6.27. The zero-order valence-corrected chi connectivity index (χ0v) is 24.5. The fourth-order valence-electron chi connectivity index (χ4n) is 5.50. The number of likely N-dealkylation sites (tertiary alicyclic amines) is 1. The largest absolute Gasteiger partial charge is 0.468 e. The second-order valence-corrected chi connectivity index (χ2v) is 11.6. The summed E-state index contributed by atoms with van der Waals surface area (Å²) in [5, 5.41) is 3.28. The average molecular weight is 534 g/mol. The van der Waals surface area contributed by atoms with Crippen molar-refractivity contribution in [2.75, 3.05) is 20.2 Å². The Balaban J connectivity index is 1.24. The van der Waals surface area contributed by atoms with Crippen molar-refractivity contribution >= 4 is 23.0 Å². The highest BCUT2D eigenvalue weighted by Gasteiger charge is 2.29. The molecule has 38 heavy (non-hydrogen) atoms. The molecular weight excluding hydrogens is 494 g/mol. The van der Waals surface area contributed by atoms with Crippen LogP contribution >= 0.6 is 11.3 Å². The Morgan fingerprint density at radius 1 is 0.947 bits per heavy atom. The monoisotopic (exact) mass is 533 g/mol. The van der Waals surface area contributed by atoms with Crippen molar-refractivity contribution in [3.63, 3.8) is 0 Å². The lowest BCUT2D eigenvalue weighted by Crippen LogP contribution is -2.38. The zero-order valence-electron chi connectivity index (χ0n) is 23.7. The third-order valence-electron chi connectivity index (χ3n) is 8.37. The van der Waals surface area contributed by atoms with Gasteiger partial charge in [0, 0.05) is 24.4 Å². The van der Waals surface area contributed by atoms with E-state index in [1.54, 1.807) is 18.4 Å². The van der Waals surface area contributed by atoms with E-state index in [9.17, 15) is 0 Å². The molecule has 0 atom stereocenters. The van der Waals surface area contributed by atoms with Gasteiger partial charge in [0.1, 0.15) is 5.69 Å².